The van der Waals surface area contributed by atoms with Gasteiger partial charge in [0.25, 0.3) is 0 Å². The van der Waals surface area contributed by atoms with Crippen LogP contribution in [0.25, 0.3) is 0 Å². The van der Waals surface area contributed by atoms with Gasteiger partial charge in [-0.25, -0.2) is 0 Å². The van der Waals surface area contributed by atoms with Crippen LogP contribution in [-0.4, -0.2) is 42.2 Å². The van der Waals surface area contributed by atoms with Crippen LogP contribution < -0.4 is 5.32 Å². The molecule has 1 N–H and O–H groups in total. The lowest BCUT2D eigenvalue weighted by Crippen LogP contribution is -2.32. The fourth-order valence-electron chi connectivity index (χ4n) is 1.60. The van der Waals surface area contributed by atoms with Gasteiger partial charge >= 0.3 is 0 Å². The van der Waals surface area contributed by atoms with Crippen molar-refractivity contribution >= 4 is 23.4 Å². The molecule has 1 atom stereocenters. The number of nitrogens with zero attached hydrogens (tertiary/aromatic N) is 1. The van der Waals surface area contributed by atoms with Gasteiger partial charge in [0.2, 0.25) is 11.8 Å². The predicted octanol–water partition coefficient (Wildman–Crippen LogP) is 0.210. The number of amides is 2. The Kier molecular flexibility index (Phi) is 4.20. The average molecular weight is 219 g/mol. The van der Waals surface area contributed by atoms with Gasteiger partial charge in [0.05, 0.1) is 0 Å². The van der Waals surface area contributed by atoms with Crippen molar-refractivity contribution in [2.45, 2.75) is 13.3 Å². The number of alkyl halides is 1. The molecule has 0 saturated carbocycles. The van der Waals surface area contributed by atoms with Crippen LogP contribution in [0.5, 0.6) is 0 Å². The highest BCUT2D eigenvalue weighted by Gasteiger charge is 2.25. The maximum absolute atomic E-state index is 11.2. The summed E-state index contributed by atoms with van der Waals surface area (Å²) < 4.78 is 0. The van der Waals surface area contributed by atoms with Crippen LogP contribution in [0.4, 0.5) is 0 Å². The number of hydrogen-bond acceptors (Lipinski definition) is 2. The van der Waals surface area contributed by atoms with Crippen LogP contribution >= 0.6 is 11.6 Å². The van der Waals surface area contributed by atoms with E-state index < -0.39 is 0 Å². The minimum absolute atomic E-state index is 0.0167. The second-order valence-electron chi connectivity index (χ2n) is 3.57. The zero-order valence-corrected chi connectivity index (χ0v) is 9.01. The Bertz CT molecular complexity index is 233. The van der Waals surface area contributed by atoms with Crippen LogP contribution in [-0.2, 0) is 9.59 Å². The first-order valence-electron chi connectivity index (χ1n) is 4.71. The minimum atomic E-state index is -0.0212. The Morgan fingerprint density at radius 2 is 2.29 bits per heavy atom. The maximum Gasteiger partial charge on any atom is 0.237 e. The molecule has 0 aromatic heterocycles. The zero-order valence-electron chi connectivity index (χ0n) is 8.25. The number of likely N-dealkylation sites (tertiary alicyclic amines) is 1. The quantitative estimate of drug-likeness (QED) is 0.689. The summed E-state index contributed by atoms with van der Waals surface area (Å²) in [5, 5.41) is 2.76. The van der Waals surface area contributed by atoms with E-state index in [0.717, 1.165) is 13.0 Å². The monoisotopic (exact) mass is 218 g/mol. The van der Waals surface area contributed by atoms with Crippen molar-refractivity contribution in [3.8, 4) is 0 Å². The molecule has 1 aliphatic heterocycles. The largest absolute Gasteiger partial charge is 0.356 e. The van der Waals surface area contributed by atoms with Crippen molar-refractivity contribution in [1.29, 1.82) is 0 Å². The highest BCUT2D eigenvalue weighted by Crippen LogP contribution is 2.15. The Morgan fingerprint density at radius 1 is 1.57 bits per heavy atom. The minimum Gasteiger partial charge on any atom is -0.356 e. The summed E-state index contributed by atoms with van der Waals surface area (Å²) in [6.45, 7) is 3.62. The molecule has 80 valence electrons. The number of carbonyl (C=O) groups excluding carboxylic acids is 2. The summed E-state index contributed by atoms with van der Waals surface area (Å²) in [7, 11) is 0. The van der Waals surface area contributed by atoms with Crippen LogP contribution in [0.3, 0.4) is 0 Å². The average Bonchev–Trinajstić information content (AvgIpc) is 2.62. The summed E-state index contributed by atoms with van der Waals surface area (Å²) >= 11 is 5.45. The van der Waals surface area contributed by atoms with E-state index >= 15 is 0 Å². The topological polar surface area (TPSA) is 49.4 Å². The first-order valence-corrected chi connectivity index (χ1v) is 5.25. The number of nitrogens with one attached hydrogen (secondary N) is 1. The predicted molar refractivity (Wildman–Crippen MR) is 54.1 cm³/mol. The summed E-state index contributed by atoms with van der Waals surface area (Å²) in [4.78, 5) is 23.6. The molecule has 1 fully saturated rings. The fourth-order valence-corrected chi connectivity index (χ4v) is 1.77. The Labute approximate surface area is 88.6 Å². The molecule has 0 aromatic rings. The van der Waals surface area contributed by atoms with E-state index in [9.17, 15) is 9.59 Å². The van der Waals surface area contributed by atoms with E-state index in [2.05, 4.69) is 5.32 Å². The molecular formula is C9H15ClN2O2. The van der Waals surface area contributed by atoms with Gasteiger partial charge in [0, 0.05) is 26.6 Å². The van der Waals surface area contributed by atoms with Gasteiger partial charge in [-0.2, -0.15) is 0 Å². The molecule has 0 bridgehead atoms. The van der Waals surface area contributed by atoms with E-state index in [0.29, 0.717) is 19.0 Å². The smallest absolute Gasteiger partial charge is 0.237 e. The lowest BCUT2D eigenvalue weighted by Gasteiger charge is -2.14. The van der Waals surface area contributed by atoms with Crippen LogP contribution in [0.15, 0.2) is 0 Å². The number of carbonyl (C=O) groups is 2. The molecule has 5 heteroatoms. The second kappa shape index (κ2) is 5.20. The molecule has 2 amide bonds. The van der Waals surface area contributed by atoms with Gasteiger partial charge in [-0.3, -0.25) is 9.59 Å². The van der Waals surface area contributed by atoms with Crippen molar-refractivity contribution in [3.05, 3.63) is 0 Å². The van der Waals surface area contributed by atoms with E-state index in [-0.39, 0.29) is 17.7 Å². The van der Waals surface area contributed by atoms with Crippen molar-refractivity contribution in [1.82, 2.24) is 10.2 Å². The van der Waals surface area contributed by atoms with Crippen molar-refractivity contribution < 1.29 is 9.59 Å². The standard InChI is InChI=1S/C9H15ClN2O2/c1-7(13)11-5-8-2-3-12(6-8)9(14)4-10/h8H,2-6H2,1H3,(H,11,13)/t8-/m1/s1. The SMILES string of the molecule is CC(=O)NC[C@H]1CCN(C(=O)CCl)C1. The molecule has 1 aliphatic rings. The third-order valence-corrected chi connectivity index (χ3v) is 2.62. The molecular weight excluding hydrogens is 204 g/mol. The lowest BCUT2D eigenvalue weighted by molar-refractivity contribution is -0.127. The molecule has 0 spiro atoms. The number of hydrogen-bond donors (Lipinski definition) is 1. The fraction of sp³-hybridized carbons (Fsp3) is 0.778. The second-order valence-corrected chi connectivity index (χ2v) is 3.83. The highest BCUT2D eigenvalue weighted by atomic mass is 35.5. The molecule has 1 heterocycles. The summed E-state index contributed by atoms with van der Waals surface area (Å²) in [6.07, 6.45) is 0.947. The Hall–Kier alpha value is -0.770. The molecule has 4 nitrogen and oxygen atoms in total. The molecule has 1 rings (SSSR count). The summed E-state index contributed by atoms with van der Waals surface area (Å²) in [6, 6.07) is 0. The van der Waals surface area contributed by atoms with E-state index in [1.54, 1.807) is 4.90 Å². The van der Waals surface area contributed by atoms with Gasteiger partial charge in [0.1, 0.15) is 5.88 Å². The van der Waals surface area contributed by atoms with Gasteiger partial charge < -0.3 is 10.2 Å². The molecule has 0 aromatic carbocycles. The summed E-state index contributed by atoms with van der Waals surface area (Å²) in [5.41, 5.74) is 0. The first-order chi connectivity index (χ1) is 6.63. The van der Waals surface area contributed by atoms with Gasteiger partial charge in [-0.1, -0.05) is 0 Å². The first kappa shape index (κ1) is 11.3. The molecule has 14 heavy (non-hydrogen) atoms. The van der Waals surface area contributed by atoms with Gasteiger partial charge in [-0.05, 0) is 12.3 Å². The van der Waals surface area contributed by atoms with E-state index in [1.807, 2.05) is 0 Å². The van der Waals surface area contributed by atoms with E-state index in [4.69, 9.17) is 11.6 Å². The summed E-state index contributed by atoms with van der Waals surface area (Å²) in [5.74, 6) is 0.391. The van der Waals surface area contributed by atoms with Crippen LogP contribution in [0, 0.1) is 5.92 Å². The Morgan fingerprint density at radius 3 is 2.86 bits per heavy atom. The van der Waals surface area contributed by atoms with Crippen molar-refractivity contribution in [2.24, 2.45) is 5.92 Å². The molecule has 0 unspecified atom stereocenters. The molecule has 0 aliphatic carbocycles. The third-order valence-electron chi connectivity index (χ3n) is 2.39. The van der Waals surface area contributed by atoms with Gasteiger partial charge in [0.15, 0.2) is 0 Å². The molecule has 1 saturated heterocycles. The van der Waals surface area contributed by atoms with Crippen LogP contribution in [0.2, 0.25) is 0 Å². The lowest BCUT2D eigenvalue weighted by atomic mass is 10.1. The Balaban J connectivity index is 2.27. The zero-order chi connectivity index (χ0) is 10.6. The normalized spacial score (nSPS) is 21.0. The maximum atomic E-state index is 11.2. The third kappa shape index (κ3) is 3.18. The number of halogens is 1. The van der Waals surface area contributed by atoms with Crippen molar-refractivity contribution in [2.75, 3.05) is 25.5 Å². The van der Waals surface area contributed by atoms with E-state index in [1.165, 1.54) is 6.92 Å². The molecule has 0 radical (unpaired) electrons. The van der Waals surface area contributed by atoms with Gasteiger partial charge in [-0.15, -0.1) is 11.6 Å². The van der Waals surface area contributed by atoms with Crippen molar-refractivity contribution in [3.63, 3.8) is 0 Å². The highest BCUT2D eigenvalue weighted by molar-refractivity contribution is 6.27. The van der Waals surface area contributed by atoms with Crippen LogP contribution in [0.1, 0.15) is 13.3 Å². The number of rotatable bonds is 3.